The second-order valence-corrected chi connectivity index (χ2v) is 4.86. The minimum Gasteiger partial charge on any atom is -0.481 e. The summed E-state index contributed by atoms with van der Waals surface area (Å²) in [5.74, 6) is -1.22. The number of urea groups is 1. The van der Waals surface area contributed by atoms with E-state index in [9.17, 15) is 14.0 Å². The van der Waals surface area contributed by atoms with E-state index in [1.54, 1.807) is 12.1 Å². The summed E-state index contributed by atoms with van der Waals surface area (Å²) in [5.41, 5.74) is 0.923. The molecule has 0 aromatic heterocycles. The van der Waals surface area contributed by atoms with Gasteiger partial charge < -0.3 is 15.7 Å². The number of hydrogen-bond acceptors (Lipinski definition) is 2. The van der Waals surface area contributed by atoms with Crippen LogP contribution in [0, 0.1) is 5.82 Å². The van der Waals surface area contributed by atoms with Gasteiger partial charge in [0.25, 0.3) is 0 Å². The number of halogens is 1. The van der Waals surface area contributed by atoms with Crippen LogP contribution in [0.15, 0.2) is 24.3 Å². The van der Waals surface area contributed by atoms with Gasteiger partial charge in [-0.1, -0.05) is 25.5 Å². The van der Waals surface area contributed by atoms with Gasteiger partial charge in [-0.05, 0) is 30.5 Å². The topological polar surface area (TPSA) is 78.4 Å². The second-order valence-electron chi connectivity index (χ2n) is 4.86. The van der Waals surface area contributed by atoms with Crippen LogP contribution < -0.4 is 10.6 Å². The van der Waals surface area contributed by atoms with Crippen molar-refractivity contribution in [2.24, 2.45) is 0 Å². The van der Waals surface area contributed by atoms with E-state index in [1.807, 2.05) is 6.92 Å². The van der Waals surface area contributed by atoms with Crippen LogP contribution in [0.4, 0.5) is 9.18 Å². The number of carbonyl (C=O) groups excluding carboxylic acids is 1. The molecular weight excluding hydrogens is 275 g/mol. The molecule has 0 radical (unpaired) electrons. The first kappa shape index (κ1) is 16.9. The molecule has 1 rings (SSSR count). The molecule has 116 valence electrons. The lowest BCUT2D eigenvalue weighted by atomic mass is 10.1. The molecule has 2 amide bonds. The van der Waals surface area contributed by atoms with Crippen LogP contribution in [0.25, 0.3) is 0 Å². The maximum absolute atomic E-state index is 12.7. The van der Waals surface area contributed by atoms with Gasteiger partial charge in [-0.15, -0.1) is 0 Å². The van der Waals surface area contributed by atoms with Gasteiger partial charge in [0.2, 0.25) is 0 Å². The Hall–Kier alpha value is -2.11. The Bertz CT molecular complexity index is 462. The lowest BCUT2D eigenvalue weighted by molar-refractivity contribution is -0.137. The fourth-order valence-electron chi connectivity index (χ4n) is 1.99. The molecule has 0 heterocycles. The van der Waals surface area contributed by atoms with E-state index in [0.29, 0.717) is 19.4 Å². The van der Waals surface area contributed by atoms with Crippen LogP contribution in [0.2, 0.25) is 0 Å². The van der Waals surface area contributed by atoms with Gasteiger partial charge in [-0.2, -0.15) is 0 Å². The average Bonchev–Trinajstić information content (AvgIpc) is 2.40. The summed E-state index contributed by atoms with van der Waals surface area (Å²) in [7, 11) is 0. The smallest absolute Gasteiger partial charge is 0.315 e. The number of carboxylic acid groups (broad SMARTS) is 1. The Morgan fingerprint density at radius 1 is 1.29 bits per heavy atom. The summed E-state index contributed by atoms with van der Waals surface area (Å²) in [4.78, 5) is 22.4. The van der Waals surface area contributed by atoms with Gasteiger partial charge in [0, 0.05) is 12.6 Å². The molecule has 0 fully saturated rings. The van der Waals surface area contributed by atoms with Crippen LogP contribution >= 0.6 is 0 Å². The van der Waals surface area contributed by atoms with Crippen LogP contribution in [-0.2, 0) is 11.2 Å². The SMILES string of the molecule is CCCC(CC(=O)O)NC(=O)NCCc1ccc(F)cc1. The Kier molecular flexibility index (Phi) is 7.21. The zero-order valence-corrected chi connectivity index (χ0v) is 12.1. The van der Waals surface area contributed by atoms with Crippen molar-refractivity contribution in [3.63, 3.8) is 0 Å². The van der Waals surface area contributed by atoms with Crippen molar-refractivity contribution in [3.05, 3.63) is 35.6 Å². The number of nitrogens with one attached hydrogen (secondary N) is 2. The molecule has 0 bridgehead atoms. The van der Waals surface area contributed by atoms with E-state index in [4.69, 9.17) is 5.11 Å². The summed E-state index contributed by atoms with van der Waals surface area (Å²) in [6, 6.07) is 5.34. The minimum atomic E-state index is -0.930. The fourth-order valence-corrected chi connectivity index (χ4v) is 1.99. The number of aliphatic carboxylic acids is 1. The molecule has 0 saturated carbocycles. The zero-order chi connectivity index (χ0) is 15.7. The number of carboxylic acids is 1. The molecule has 1 unspecified atom stereocenters. The molecule has 6 heteroatoms. The highest BCUT2D eigenvalue weighted by molar-refractivity contribution is 5.75. The summed E-state index contributed by atoms with van der Waals surface area (Å²) in [6.45, 7) is 2.34. The highest BCUT2D eigenvalue weighted by Crippen LogP contribution is 2.03. The van der Waals surface area contributed by atoms with Gasteiger partial charge >= 0.3 is 12.0 Å². The van der Waals surface area contributed by atoms with Gasteiger partial charge in [0.15, 0.2) is 0 Å². The van der Waals surface area contributed by atoms with Crippen LogP contribution in [0.1, 0.15) is 31.7 Å². The molecule has 21 heavy (non-hydrogen) atoms. The van der Waals surface area contributed by atoms with Crippen LogP contribution in [0.3, 0.4) is 0 Å². The first-order valence-corrected chi connectivity index (χ1v) is 7.02. The number of benzene rings is 1. The summed E-state index contributed by atoms with van der Waals surface area (Å²) in [6.07, 6.45) is 1.93. The van der Waals surface area contributed by atoms with Crippen molar-refractivity contribution in [2.45, 2.75) is 38.6 Å². The summed E-state index contributed by atoms with van der Waals surface area (Å²) in [5, 5.41) is 14.1. The van der Waals surface area contributed by atoms with Crippen molar-refractivity contribution in [2.75, 3.05) is 6.54 Å². The molecule has 0 aliphatic heterocycles. The highest BCUT2D eigenvalue weighted by atomic mass is 19.1. The number of rotatable bonds is 8. The van der Waals surface area contributed by atoms with E-state index >= 15 is 0 Å². The van der Waals surface area contributed by atoms with E-state index in [-0.39, 0.29) is 24.3 Å². The second kappa shape index (κ2) is 8.94. The monoisotopic (exact) mass is 296 g/mol. The van der Waals surface area contributed by atoms with E-state index in [1.165, 1.54) is 12.1 Å². The molecule has 3 N–H and O–H groups in total. The molecule has 0 aliphatic rings. The third kappa shape index (κ3) is 7.29. The predicted molar refractivity (Wildman–Crippen MR) is 77.6 cm³/mol. The number of amides is 2. The van der Waals surface area contributed by atoms with Gasteiger partial charge in [0.05, 0.1) is 6.42 Å². The summed E-state index contributed by atoms with van der Waals surface area (Å²) >= 11 is 0. The third-order valence-corrected chi connectivity index (χ3v) is 3.01. The quantitative estimate of drug-likeness (QED) is 0.689. The molecule has 1 atom stereocenters. The number of carbonyl (C=O) groups is 2. The van der Waals surface area contributed by atoms with E-state index < -0.39 is 5.97 Å². The zero-order valence-electron chi connectivity index (χ0n) is 12.1. The first-order valence-electron chi connectivity index (χ1n) is 7.02. The Morgan fingerprint density at radius 2 is 1.95 bits per heavy atom. The molecule has 0 aliphatic carbocycles. The Balaban J connectivity index is 2.31. The molecule has 5 nitrogen and oxygen atoms in total. The maximum Gasteiger partial charge on any atom is 0.315 e. The molecule has 0 spiro atoms. The van der Waals surface area contributed by atoms with Crippen LogP contribution in [0.5, 0.6) is 0 Å². The van der Waals surface area contributed by atoms with Crippen molar-refractivity contribution in [1.29, 1.82) is 0 Å². The first-order chi connectivity index (χ1) is 10.0. The molecule has 0 saturated heterocycles. The van der Waals surface area contributed by atoms with Crippen molar-refractivity contribution >= 4 is 12.0 Å². The molecular formula is C15H21FN2O3. The third-order valence-electron chi connectivity index (χ3n) is 3.01. The molecule has 1 aromatic carbocycles. The molecule has 1 aromatic rings. The predicted octanol–water partition coefficient (Wildman–Crippen LogP) is 2.31. The van der Waals surface area contributed by atoms with Crippen molar-refractivity contribution in [3.8, 4) is 0 Å². The lowest BCUT2D eigenvalue weighted by Crippen LogP contribution is -2.43. The van der Waals surface area contributed by atoms with Gasteiger partial charge in [0.1, 0.15) is 5.82 Å². The van der Waals surface area contributed by atoms with Gasteiger partial charge in [-0.3, -0.25) is 4.79 Å². The normalized spacial score (nSPS) is 11.7. The Labute approximate surface area is 123 Å². The largest absolute Gasteiger partial charge is 0.481 e. The van der Waals surface area contributed by atoms with E-state index in [0.717, 1.165) is 12.0 Å². The van der Waals surface area contributed by atoms with E-state index in [2.05, 4.69) is 10.6 Å². The van der Waals surface area contributed by atoms with Crippen molar-refractivity contribution in [1.82, 2.24) is 10.6 Å². The average molecular weight is 296 g/mol. The Morgan fingerprint density at radius 3 is 2.52 bits per heavy atom. The number of hydrogen-bond donors (Lipinski definition) is 3. The highest BCUT2D eigenvalue weighted by Gasteiger charge is 2.14. The van der Waals surface area contributed by atoms with Crippen LogP contribution in [-0.4, -0.2) is 29.7 Å². The fraction of sp³-hybridized carbons (Fsp3) is 0.467. The lowest BCUT2D eigenvalue weighted by Gasteiger charge is -2.16. The summed E-state index contributed by atoms with van der Waals surface area (Å²) < 4.78 is 12.7. The maximum atomic E-state index is 12.7. The standard InChI is InChI=1S/C15H21FN2O3/c1-2-3-13(10-14(19)20)18-15(21)17-9-8-11-4-6-12(16)7-5-11/h4-7,13H,2-3,8-10H2,1H3,(H,19,20)(H2,17,18,21). The minimum absolute atomic E-state index is 0.0841. The van der Waals surface area contributed by atoms with Gasteiger partial charge in [-0.25, -0.2) is 9.18 Å². The van der Waals surface area contributed by atoms with Crippen molar-refractivity contribution < 1.29 is 19.1 Å².